The molecule has 0 heterocycles. The van der Waals surface area contributed by atoms with Crippen molar-refractivity contribution in [3.63, 3.8) is 0 Å². The second-order valence-electron chi connectivity index (χ2n) is 12.5. The molecule has 4 aliphatic carbocycles. The van der Waals surface area contributed by atoms with Crippen LogP contribution < -0.4 is 0 Å². The third-order valence-corrected chi connectivity index (χ3v) is 10.5. The first-order valence-corrected chi connectivity index (χ1v) is 13.0. The lowest BCUT2D eigenvalue weighted by molar-refractivity contribution is -0.215. The van der Waals surface area contributed by atoms with E-state index in [0.29, 0.717) is 43.1 Å². The van der Waals surface area contributed by atoms with Crippen LogP contribution in [0.5, 0.6) is 0 Å². The van der Waals surface area contributed by atoms with Gasteiger partial charge < -0.3 is 20.4 Å². The number of aliphatic hydroxyl groups excluding tert-OH is 3. The SMILES string of the molecule is CC(C)C(C)C=CC(C)C1CC(=O)C2C3=C(CCC21C)C1(C)CCC(O)CC1(O)C(O)C3O. The van der Waals surface area contributed by atoms with Crippen LogP contribution in [-0.4, -0.2) is 50.1 Å². The molecule has 186 valence electrons. The summed E-state index contributed by atoms with van der Waals surface area (Å²) in [7, 11) is 0. The summed E-state index contributed by atoms with van der Waals surface area (Å²) in [5.74, 6) is 1.21. The van der Waals surface area contributed by atoms with Crippen LogP contribution >= 0.6 is 0 Å². The molecule has 4 rings (SSSR count). The van der Waals surface area contributed by atoms with Gasteiger partial charge in [-0.15, -0.1) is 0 Å². The highest BCUT2D eigenvalue weighted by Crippen LogP contribution is 2.65. The van der Waals surface area contributed by atoms with Crippen molar-refractivity contribution in [1.82, 2.24) is 0 Å². The minimum atomic E-state index is -1.58. The zero-order valence-corrected chi connectivity index (χ0v) is 21.2. The molecule has 0 bridgehead atoms. The molecule has 4 aliphatic rings. The molecule has 0 aromatic carbocycles. The molecular weight excluding hydrogens is 416 g/mol. The third kappa shape index (κ3) is 3.52. The zero-order valence-electron chi connectivity index (χ0n) is 21.2. The minimum Gasteiger partial charge on any atom is -0.393 e. The number of rotatable bonds is 4. The average Bonchev–Trinajstić information content (AvgIpc) is 3.02. The molecule has 0 aromatic rings. The summed E-state index contributed by atoms with van der Waals surface area (Å²) in [6.45, 7) is 13.0. The summed E-state index contributed by atoms with van der Waals surface area (Å²) < 4.78 is 0. The van der Waals surface area contributed by atoms with E-state index in [9.17, 15) is 25.2 Å². The topological polar surface area (TPSA) is 98.0 Å². The van der Waals surface area contributed by atoms with Crippen molar-refractivity contribution in [2.24, 2.45) is 40.4 Å². The Labute approximate surface area is 199 Å². The van der Waals surface area contributed by atoms with Crippen LogP contribution in [0.3, 0.4) is 0 Å². The number of hydrogen-bond donors (Lipinski definition) is 4. The molecule has 0 amide bonds. The fraction of sp³-hybridized carbons (Fsp3) is 0.821. The second-order valence-corrected chi connectivity index (χ2v) is 12.5. The van der Waals surface area contributed by atoms with Crippen molar-refractivity contribution in [1.29, 1.82) is 0 Å². The summed E-state index contributed by atoms with van der Waals surface area (Å²) in [6.07, 6.45) is 4.34. The molecular formula is C28H44O5. The van der Waals surface area contributed by atoms with Crippen molar-refractivity contribution in [2.45, 2.75) is 104 Å². The van der Waals surface area contributed by atoms with Gasteiger partial charge in [0, 0.05) is 24.2 Å². The highest BCUT2D eigenvalue weighted by Gasteiger charge is 2.67. The molecule has 33 heavy (non-hydrogen) atoms. The summed E-state index contributed by atoms with van der Waals surface area (Å²) in [4.78, 5) is 13.5. The van der Waals surface area contributed by atoms with Gasteiger partial charge in [0.1, 0.15) is 23.6 Å². The van der Waals surface area contributed by atoms with Crippen molar-refractivity contribution in [2.75, 3.05) is 0 Å². The Bertz CT molecular complexity index is 860. The molecule has 2 saturated carbocycles. The van der Waals surface area contributed by atoms with E-state index in [1.54, 1.807) is 0 Å². The molecule has 0 spiro atoms. The number of Topliss-reactive ketones (excluding diaryl/α,β-unsaturated/α-hetero) is 1. The molecule has 0 radical (unpaired) electrons. The third-order valence-electron chi connectivity index (χ3n) is 10.5. The number of fused-ring (bicyclic) bond motifs is 4. The van der Waals surface area contributed by atoms with Crippen molar-refractivity contribution >= 4 is 5.78 Å². The van der Waals surface area contributed by atoms with E-state index in [0.717, 1.165) is 12.0 Å². The second kappa shape index (κ2) is 8.29. The predicted octanol–water partition coefficient (Wildman–Crippen LogP) is 3.79. The van der Waals surface area contributed by atoms with Gasteiger partial charge in [-0.05, 0) is 60.3 Å². The van der Waals surface area contributed by atoms with Crippen LogP contribution in [0.1, 0.15) is 80.1 Å². The summed E-state index contributed by atoms with van der Waals surface area (Å²) in [6, 6.07) is 0. The van der Waals surface area contributed by atoms with Gasteiger partial charge in [-0.25, -0.2) is 0 Å². The van der Waals surface area contributed by atoms with Crippen molar-refractivity contribution in [3.05, 3.63) is 23.3 Å². The monoisotopic (exact) mass is 460 g/mol. The van der Waals surface area contributed by atoms with E-state index < -0.39 is 35.2 Å². The molecule has 10 unspecified atom stereocenters. The molecule has 2 fully saturated rings. The number of allylic oxidation sites excluding steroid dienone is 2. The lowest BCUT2D eigenvalue weighted by Crippen LogP contribution is -2.68. The van der Waals surface area contributed by atoms with Gasteiger partial charge in [0.15, 0.2) is 0 Å². The number of ketones is 1. The van der Waals surface area contributed by atoms with Gasteiger partial charge in [0.2, 0.25) is 0 Å². The molecule has 5 heteroatoms. The van der Waals surface area contributed by atoms with E-state index >= 15 is 0 Å². The van der Waals surface area contributed by atoms with E-state index in [-0.39, 0.29) is 29.5 Å². The molecule has 10 atom stereocenters. The van der Waals surface area contributed by atoms with E-state index in [1.807, 2.05) is 6.92 Å². The fourth-order valence-electron chi connectivity index (χ4n) is 7.81. The van der Waals surface area contributed by atoms with Gasteiger partial charge in [-0.2, -0.15) is 0 Å². The van der Waals surface area contributed by atoms with E-state index in [1.165, 1.54) is 0 Å². The lowest BCUT2D eigenvalue weighted by Gasteiger charge is -2.61. The quantitative estimate of drug-likeness (QED) is 0.479. The Hall–Kier alpha value is -1.01. The maximum Gasteiger partial charge on any atom is 0.140 e. The Morgan fingerprint density at radius 3 is 2.33 bits per heavy atom. The van der Waals surface area contributed by atoms with Crippen LogP contribution in [0.4, 0.5) is 0 Å². The van der Waals surface area contributed by atoms with Gasteiger partial charge >= 0.3 is 0 Å². The normalized spacial score (nSPS) is 47.5. The van der Waals surface area contributed by atoms with Crippen molar-refractivity contribution in [3.8, 4) is 0 Å². The Kier molecular flexibility index (Phi) is 6.30. The first-order valence-electron chi connectivity index (χ1n) is 13.0. The highest BCUT2D eigenvalue weighted by molar-refractivity contribution is 5.88. The number of carbonyl (C=O) groups excluding carboxylic acids is 1. The van der Waals surface area contributed by atoms with Gasteiger partial charge in [-0.1, -0.05) is 59.3 Å². The summed E-state index contributed by atoms with van der Waals surface area (Å²) in [5, 5.41) is 44.3. The number of carbonyl (C=O) groups is 1. The van der Waals surface area contributed by atoms with Gasteiger partial charge in [0.25, 0.3) is 0 Å². The maximum atomic E-state index is 13.5. The Morgan fingerprint density at radius 2 is 1.70 bits per heavy atom. The first kappa shape index (κ1) is 25.1. The summed E-state index contributed by atoms with van der Waals surface area (Å²) >= 11 is 0. The fourth-order valence-corrected chi connectivity index (χ4v) is 7.81. The number of aliphatic hydroxyl groups is 4. The van der Waals surface area contributed by atoms with E-state index in [4.69, 9.17) is 0 Å². The molecule has 0 aromatic heterocycles. The maximum absolute atomic E-state index is 13.5. The van der Waals surface area contributed by atoms with Crippen molar-refractivity contribution < 1.29 is 25.2 Å². The smallest absolute Gasteiger partial charge is 0.140 e. The van der Waals surface area contributed by atoms with Gasteiger partial charge in [0.05, 0.1) is 6.10 Å². The van der Waals surface area contributed by atoms with E-state index in [2.05, 4.69) is 46.8 Å². The summed E-state index contributed by atoms with van der Waals surface area (Å²) in [5.41, 5.74) is -0.956. The Balaban J connectivity index is 1.73. The van der Waals surface area contributed by atoms with Crippen LogP contribution in [0.2, 0.25) is 0 Å². The van der Waals surface area contributed by atoms with Crippen LogP contribution in [0.15, 0.2) is 23.3 Å². The lowest BCUT2D eigenvalue weighted by atomic mass is 9.47. The average molecular weight is 461 g/mol. The van der Waals surface area contributed by atoms with Crippen LogP contribution in [0.25, 0.3) is 0 Å². The largest absolute Gasteiger partial charge is 0.393 e. The standard InChI is InChI=1S/C28H44O5/c1-15(2)16(3)7-8-17(4)20-13-21(30)23-22-19(10-11-26(20,23)5)27(6)12-9-18(29)14-28(27,33)25(32)24(22)31/h7-8,15-18,20,23-25,29,31-33H,9-14H2,1-6H3. The highest BCUT2D eigenvalue weighted by atomic mass is 16.4. The van der Waals surface area contributed by atoms with Crippen LogP contribution in [0, 0.1) is 40.4 Å². The zero-order chi connectivity index (χ0) is 24.5. The molecule has 0 saturated heterocycles. The van der Waals surface area contributed by atoms with Gasteiger partial charge in [-0.3, -0.25) is 4.79 Å². The Morgan fingerprint density at radius 1 is 1.03 bits per heavy atom. The molecule has 0 aliphatic heterocycles. The molecule has 5 nitrogen and oxygen atoms in total. The first-order chi connectivity index (χ1) is 15.3. The molecule has 4 N–H and O–H groups in total. The number of hydrogen-bond acceptors (Lipinski definition) is 5. The predicted molar refractivity (Wildman–Crippen MR) is 128 cm³/mol. The minimum absolute atomic E-state index is 0.0485. The van der Waals surface area contributed by atoms with Crippen LogP contribution in [-0.2, 0) is 4.79 Å².